The summed E-state index contributed by atoms with van der Waals surface area (Å²) in [5.41, 5.74) is 0. The van der Waals surface area contributed by atoms with Crippen molar-refractivity contribution in [1.82, 2.24) is 0 Å². The molecule has 0 amide bonds. The molecule has 0 aromatic carbocycles. The predicted octanol–water partition coefficient (Wildman–Crippen LogP) is 2.00. The maximum Gasteiger partial charge on any atom is 0.325 e. The third-order valence-corrected chi connectivity index (χ3v) is 2.12. The van der Waals surface area contributed by atoms with E-state index in [0.717, 1.165) is 6.66 Å². The fourth-order valence-electron chi connectivity index (χ4n) is 0.998. The fraction of sp³-hybridized carbons (Fsp3) is 1.00. The predicted molar refractivity (Wildman–Crippen MR) is 58.0 cm³/mol. The minimum Gasteiger partial charge on any atom is -0.353 e. The van der Waals surface area contributed by atoms with E-state index in [1.807, 2.05) is 20.8 Å². The molecule has 0 bridgehead atoms. The van der Waals surface area contributed by atoms with Crippen molar-refractivity contribution in [3.63, 3.8) is 0 Å². The molecule has 0 heterocycles. The molecule has 0 fully saturated rings. The van der Waals surface area contributed by atoms with E-state index in [9.17, 15) is 4.57 Å². The molecule has 0 saturated heterocycles. The molecule has 2 unspecified atom stereocenters. The molecule has 0 aliphatic heterocycles. The third kappa shape index (κ3) is 10.4. The smallest absolute Gasteiger partial charge is 0.325 e. The van der Waals surface area contributed by atoms with Crippen LogP contribution in [0.2, 0.25) is 0 Å². The highest BCUT2D eigenvalue weighted by Crippen LogP contribution is 2.36. The lowest BCUT2D eigenvalue weighted by molar-refractivity contribution is -0.166. The fourth-order valence-corrected chi connectivity index (χ4v) is 1.44. The van der Waals surface area contributed by atoms with Crippen LogP contribution in [0.5, 0.6) is 0 Å². The summed E-state index contributed by atoms with van der Waals surface area (Å²) in [6.07, 6.45) is 0.135. The van der Waals surface area contributed by atoms with E-state index in [2.05, 4.69) is 0 Å². The zero-order valence-electron chi connectivity index (χ0n) is 9.80. The second kappa shape index (κ2) is 7.36. The lowest BCUT2D eigenvalue weighted by atomic mass is 10.4. The Labute approximate surface area is 91.3 Å². The van der Waals surface area contributed by atoms with E-state index >= 15 is 0 Å². The van der Waals surface area contributed by atoms with Crippen LogP contribution < -0.4 is 0 Å². The molecule has 0 aliphatic carbocycles. The van der Waals surface area contributed by atoms with Gasteiger partial charge in [-0.05, 0) is 20.8 Å². The van der Waals surface area contributed by atoms with Crippen molar-refractivity contribution in [2.24, 2.45) is 0 Å². The number of ether oxygens (including phenoxy) is 2. The van der Waals surface area contributed by atoms with Gasteiger partial charge in [0.25, 0.3) is 0 Å². The Morgan fingerprint density at radius 1 is 1.40 bits per heavy atom. The Hall–Kier alpha value is 0.0700. The number of hydrogen-bond donors (Lipinski definition) is 1. The molecule has 2 atom stereocenters. The molecular weight excluding hydrogens is 219 g/mol. The summed E-state index contributed by atoms with van der Waals surface area (Å²) in [5.74, 6) is 0. The summed E-state index contributed by atoms with van der Waals surface area (Å²) in [4.78, 5) is 8.89. The molecule has 0 aliphatic rings. The van der Waals surface area contributed by atoms with Gasteiger partial charge in [0.1, 0.15) is 0 Å². The summed E-state index contributed by atoms with van der Waals surface area (Å²) >= 11 is 0. The van der Waals surface area contributed by atoms with Crippen LogP contribution in [0.25, 0.3) is 0 Å². The van der Waals surface area contributed by atoms with Crippen LogP contribution in [0.4, 0.5) is 0 Å². The summed E-state index contributed by atoms with van der Waals surface area (Å²) < 4.78 is 26.3. The van der Waals surface area contributed by atoms with Gasteiger partial charge in [0.15, 0.2) is 6.29 Å². The second-order valence-electron chi connectivity index (χ2n) is 3.49. The van der Waals surface area contributed by atoms with Crippen LogP contribution in [-0.4, -0.2) is 37.2 Å². The molecule has 0 spiro atoms. The second-order valence-corrected chi connectivity index (χ2v) is 5.36. The van der Waals surface area contributed by atoms with Gasteiger partial charge in [0.2, 0.25) is 0 Å². The monoisotopic (exact) mass is 240 g/mol. The highest BCUT2D eigenvalue weighted by atomic mass is 31.2. The van der Waals surface area contributed by atoms with Crippen LogP contribution in [0.15, 0.2) is 0 Å². The molecular formula is C9H21O5P. The molecule has 5 nitrogen and oxygen atoms in total. The first-order valence-corrected chi connectivity index (χ1v) is 7.09. The largest absolute Gasteiger partial charge is 0.353 e. The van der Waals surface area contributed by atoms with Crippen LogP contribution in [0.1, 0.15) is 27.2 Å². The zero-order valence-corrected chi connectivity index (χ0v) is 10.7. The van der Waals surface area contributed by atoms with E-state index in [-0.39, 0.29) is 19.0 Å². The maximum absolute atomic E-state index is 10.8. The van der Waals surface area contributed by atoms with Crippen LogP contribution in [0, 0.1) is 0 Å². The van der Waals surface area contributed by atoms with Gasteiger partial charge in [-0.25, -0.2) is 0 Å². The molecule has 0 radical (unpaired) electrons. The minimum absolute atomic E-state index is 0.0594. The first-order chi connectivity index (χ1) is 6.85. The summed E-state index contributed by atoms with van der Waals surface area (Å²) in [6, 6.07) is 0. The SMILES string of the molecule is CCOC(CCOP(C)(=O)O)OC(C)C. The van der Waals surface area contributed by atoms with Crippen molar-refractivity contribution < 1.29 is 23.5 Å². The van der Waals surface area contributed by atoms with Gasteiger partial charge in [-0.1, -0.05) is 0 Å². The van der Waals surface area contributed by atoms with Crippen molar-refractivity contribution in [3.8, 4) is 0 Å². The lowest BCUT2D eigenvalue weighted by Gasteiger charge is -2.20. The number of rotatable bonds is 8. The minimum atomic E-state index is -3.39. The van der Waals surface area contributed by atoms with Crippen molar-refractivity contribution in [3.05, 3.63) is 0 Å². The van der Waals surface area contributed by atoms with E-state index in [1.165, 1.54) is 0 Å². The Kier molecular flexibility index (Phi) is 7.40. The van der Waals surface area contributed by atoms with E-state index in [4.69, 9.17) is 18.9 Å². The van der Waals surface area contributed by atoms with Crippen molar-refractivity contribution >= 4 is 7.60 Å². The van der Waals surface area contributed by atoms with Gasteiger partial charge >= 0.3 is 7.60 Å². The normalized spacial score (nSPS) is 17.7. The molecule has 0 saturated carbocycles. The standard InChI is InChI=1S/C9H21O5P/c1-5-12-9(14-8(2)3)6-7-13-15(4,10)11/h8-9H,5-7H2,1-4H3,(H,10,11). The maximum atomic E-state index is 10.8. The number of hydrogen-bond acceptors (Lipinski definition) is 4. The van der Waals surface area contributed by atoms with Gasteiger partial charge in [0, 0.05) is 19.7 Å². The molecule has 0 rings (SSSR count). The first-order valence-electron chi connectivity index (χ1n) is 5.07. The van der Waals surface area contributed by atoms with Crippen molar-refractivity contribution in [2.75, 3.05) is 19.9 Å². The molecule has 1 N–H and O–H groups in total. The lowest BCUT2D eigenvalue weighted by Crippen LogP contribution is -2.22. The Morgan fingerprint density at radius 2 is 2.00 bits per heavy atom. The van der Waals surface area contributed by atoms with Crippen LogP contribution in [-0.2, 0) is 18.6 Å². The Balaban J connectivity index is 3.80. The van der Waals surface area contributed by atoms with Crippen molar-refractivity contribution in [2.45, 2.75) is 39.6 Å². The van der Waals surface area contributed by atoms with Gasteiger partial charge in [-0.2, -0.15) is 0 Å². The molecule has 0 aromatic heterocycles. The Bertz CT molecular complexity index is 201. The Morgan fingerprint density at radius 3 is 2.40 bits per heavy atom. The molecule has 15 heavy (non-hydrogen) atoms. The summed E-state index contributed by atoms with van der Waals surface area (Å²) in [6.45, 7) is 7.54. The summed E-state index contributed by atoms with van der Waals surface area (Å²) in [7, 11) is -3.39. The molecule has 6 heteroatoms. The van der Waals surface area contributed by atoms with Gasteiger partial charge in [0.05, 0.1) is 12.7 Å². The van der Waals surface area contributed by atoms with E-state index < -0.39 is 7.60 Å². The van der Waals surface area contributed by atoms with Crippen molar-refractivity contribution in [1.29, 1.82) is 0 Å². The first kappa shape index (κ1) is 15.1. The van der Waals surface area contributed by atoms with Gasteiger partial charge < -0.3 is 18.9 Å². The quantitative estimate of drug-likeness (QED) is 0.519. The zero-order chi connectivity index (χ0) is 11.9. The topological polar surface area (TPSA) is 65.0 Å². The third-order valence-electron chi connectivity index (χ3n) is 1.46. The highest BCUT2D eigenvalue weighted by Gasteiger charge is 2.14. The average Bonchev–Trinajstić information content (AvgIpc) is 2.00. The van der Waals surface area contributed by atoms with E-state index in [0.29, 0.717) is 13.0 Å². The van der Waals surface area contributed by atoms with Crippen LogP contribution >= 0.6 is 7.60 Å². The summed E-state index contributed by atoms with van der Waals surface area (Å²) in [5, 5.41) is 0. The highest BCUT2D eigenvalue weighted by molar-refractivity contribution is 7.51. The van der Waals surface area contributed by atoms with E-state index in [1.54, 1.807) is 0 Å². The van der Waals surface area contributed by atoms with Gasteiger partial charge in [-0.3, -0.25) is 4.57 Å². The average molecular weight is 240 g/mol. The molecule has 92 valence electrons. The van der Waals surface area contributed by atoms with Gasteiger partial charge in [-0.15, -0.1) is 0 Å². The molecule has 0 aromatic rings. The van der Waals surface area contributed by atoms with Crippen LogP contribution in [0.3, 0.4) is 0 Å².